The first-order chi connectivity index (χ1) is 15.9. The van der Waals surface area contributed by atoms with E-state index in [9.17, 15) is 28.1 Å². The van der Waals surface area contributed by atoms with Crippen molar-refractivity contribution in [2.75, 3.05) is 12.4 Å². The molecule has 2 aromatic carbocycles. The van der Waals surface area contributed by atoms with Gasteiger partial charge in [0.05, 0.1) is 34.0 Å². The predicted octanol–water partition coefficient (Wildman–Crippen LogP) is 5.88. The summed E-state index contributed by atoms with van der Waals surface area (Å²) in [7, 11) is 1.43. The van der Waals surface area contributed by atoms with Crippen molar-refractivity contribution < 1.29 is 32.4 Å². The Labute approximate surface area is 199 Å². The molecular formula is C21H18BrF3N4O5. The van der Waals surface area contributed by atoms with Crippen LogP contribution in [0.4, 0.5) is 24.5 Å². The summed E-state index contributed by atoms with van der Waals surface area (Å²) >= 11 is 2.86. The number of ether oxygens (including phenoxy) is 2. The molecule has 34 heavy (non-hydrogen) atoms. The number of aromatic nitrogens is 2. The molecule has 1 unspecified atom stereocenters. The molecule has 0 aliphatic carbocycles. The maximum Gasteiger partial charge on any atom is 0.436 e. The number of methoxy groups -OCH3 is 1. The number of carbonyl (C=O) groups excluding carboxylic acids is 1. The average molecular weight is 543 g/mol. The molecule has 0 aliphatic heterocycles. The second-order valence-electron chi connectivity index (χ2n) is 7.08. The van der Waals surface area contributed by atoms with Crippen molar-refractivity contribution in [1.29, 1.82) is 0 Å². The van der Waals surface area contributed by atoms with Gasteiger partial charge in [-0.25, -0.2) is 0 Å². The van der Waals surface area contributed by atoms with E-state index in [4.69, 9.17) is 9.47 Å². The molecule has 1 atom stereocenters. The number of alkyl halides is 3. The van der Waals surface area contributed by atoms with Gasteiger partial charge in [-0.05, 0) is 41.9 Å². The molecule has 0 spiro atoms. The number of nitro groups is 1. The van der Waals surface area contributed by atoms with Crippen molar-refractivity contribution in [3.63, 3.8) is 0 Å². The number of nitro benzene ring substituents is 1. The van der Waals surface area contributed by atoms with Gasteiger partial charge in [0.15, 0.2) is 17.2 Å². The zero-order chi connectivity index (χ0) is 25.2. The lowest BCUT2D eigenvalue weighted by Crippen LogP contribution is -2.25. The Balaban J connectivity index is 1.90. The molecule has 0 saturated heterocycles. The van der Waals surface area contributed by atoms with E-state index in [0.717, 1.165) is 16.8 Å². The van der Waals surface area contributed by atoms with Gasteiger partial charge in [-0.1, -0.05) is 12.1 Å². The molecule has 0 bridgehead atoms. The minimum Gasteiger partial charge on any atom is -0.493 e. The molecule has 13 heteroatoms. The molecule has 0 fully saturated rings. The van der Waals surface area contributed by atoms with Gasteiger partial charge in [-0.2, -0.15) is 18.3 Å². The van der Waals surface area contributed by atoms with Crippen LogP contribution in [0.25, 0.3) is 0 Å². The largest absolute Gasteiger partial charge is 0.493 e. The van der Waals surface area contributed by atoms with E-state index < -0.39 is 28.7 Å². The van der Waals surface area contributed by atoms with Crippen LogP contribution in [0.15, 0.2) is 46.9 Å². The average Bonchev–Trinajstić information content (AvgIpc) is 3.08. The van der Waals surface area contributed by atoms with E-state index in [1.807, 2.05) is 0 Å². The number of rotatable bonds is 7. The van der Waals surface area contributed by atoms with Crippen LogP contribution in [0.3, 0.4) is 0 Å². The van der Waals surface area contributed by atoms with Gasteiger partial charge in [0.25, 0.3) is 5.69 Å². The Hall–Kier alpha value is -3.61. The van der Waals surface area contributed by atoms with Crippen molar-refractivity contribution in [2.45, 2.75) is 26.1 Å². The molecule has 0 saturated carbocycles. The van der Waals surface area contributed by atoms with E-state index in [2.05, 4.69) is 26.3 Å². The lowest BCUT2D eigenvalue weighted by Gasteiger charge is -2.15. The number of para-hydroxylation sites is 2. The number of halogens is 4. The Kier molecular flexibility index (Phi) is 7.15. The van der Waals surface area contributed by atoms with Crippen molar-refractivity contribution >= 4 is 33.2 Å². The first-order valence-corrected chi connectivity index (χ1v) is 10.4. The van der Waals surface area contributed by atoms with Gasteiger partial charge in [0.1, 0.15) is 11.8 Å². The summed E-state index contributed by atoms with van der Waals surface area (Å²) in [5, 5.41) is 17.4. The van der Waals surface area contributed by atoms with Crippen LogP contribution >= 0.6 is 15.9 Å². The van der Waals surface area contributed by atoms with Gasteiger partial charge in [-0.3, -0.25) is 19.6 Å². The van der Waals surface area contributed by atoms with E-state index in [1.165, 1.54) is 27.0 Å². The molecule has 0 aliphatic rings. The number of nitrogens with zero attached hydrogens (tertiary/aromatic N) is 3. The van der Waals surface area contributed by atoms with Crippen molar-refractivity contribution in [2.24, 2.45) is 0 Å². The van der Waals surface area contributed by atoms with Crippen LogP contribution in [0.2, 0.25) is 0 Å². The lowest BCUT2D eigenvalue weighted by molar-refractivity contribution is -0.384. The summed E-state index contributed by atoms with van der Waals surface area (Å²) < 4.78 is 51.0. The van der Waals surface area contributed by atoms with E-state index in [1.54, 1.807) is 24.3 Å². The first kappa shape index (κ1) is 25.0. The summed E-state index contributed by atoms with van der Waals surface area (Å²) in [5.41, 5.74) is -1.43. The van der Waals surface area contributed by atoms with Gasteiger partial charge >= 0.3 is 6.18 Å². The second-order valence-corrected chi connectivity index (χ2v) is 7.87. The van der Waals surface area contributed by atoms with Crippen LogP contribution in [0, 0.1) is 17.0 Å². The Morgan fingerprint density at radius 1 is 1.24 bits per heavy atom. The molecule has 9 nitrogen and oxygen atoms in total. The lowest BCUT2D eigenvalue weighted by atomic mass is 10.2. The zero-order valence-electron chi connectivity index (χ0n) is 18.0. The fourth-order valence-electron chi connectivity index (χ4n) is 3.06. The minimum absolute atomic E-state index is 0.0101. The zero-order valence-corrected chi connectivity index (χ0v) is 19.6. The Morgan fingerprint density at radius 3 is 2.44 bits per heavy atom. The molecule has 0 radical (unpaired) electrons. The van der Waals surface area contributed by atoms with Gasteiger partial charge < -0.3 is 14.8 Å². The number of non-ortho nitro benzene ring substituents is 1. The standard InChI is InChI=1S/C21H18BrF3N4O5/c1-11-18(22)19(21(23,24)25)27-28(11)12(2)20(30)26-13-8-14(29(31)32)10-15(9-13)34-17-7-5-4-6-16(17)33-3/h4-10,12H,1-3H3,(H,26,30). The molecule has 1 aromatic heterocycles. The van der Waals surface area contributed by atoms with Crippen molar-refractivity contribution in [3.8, 4) is 17.2 Å². The summed E-state index contributed by atoms with van der Waals surface area (Å²) in [4.78, 5) is 23.5. The Morgan fingerprint density at radius 2 is 1.88 bits per heavy atom. The Bertz CT molecular complexity index is 1250. The van der Waals surface area contributed by atoms with Crippen LogP contribution in [0.5, 0.6) is 17.2 Å². The van der Waals surface area contributed by atoms with Crippen LogP contribution in [-0.2, 0) is 11.0 Å². The molecule has 3 rings (SSSR count). The highest BCUT2D eigenvalue weighted by Crippen LogP contribution is 2.37. The predicted molar refractivity (Wildman–Crippen MR) is 119 cm³/mol. The highest BCUT2D eigenvalue weighted by atomic mass is 79.9. The molecule has 1 amide bonds. The number of benzene rings is 2. The summed E-state index contributed by atoms with van der Waals surface area (Å²) in [6.45, 7) is 2.73. The topological polar surface area (TPSA) is 109 Å². The van der Waals surface area contributed by atoms with Crippen molar-refractivity contribution in [1.82, 2.24) is 9.78 Å². The van der Waals surface area contributed by atoms with Crippen molar-refractivity contribution in [3.05, 3.63) is 68.4 Å². The first-order valence-electron chi connectivity index (χ1n) is 9.65. The van der Waals surface area contributed by atoms with Gasteiger partial charge in [-0.15, -0.1) is 0 Å². The quantitative estimate of drug-likeness (QED) is 0.295. The van der Waals surface area contributed by atoms with Gasteiger partial charge in [0.2, 0.25) is 5.91 Å². The fraction of sp³-hybridized carbons (Fsp3) is 0.238. The highest BCUT2D eigenvalue weighted by Gasteiger charge is 2.39. The minimum atomic E-state index is -4.71. The number of anilines is 1. The van der Waals surface area contributed by atoms with E-state index >= 15 is 0 Å². The molecular weight excluding hydrogens is 525 g/mol. The third-order valence-electron chi connectivity index (χ3n) is 4.76. The summed E-state index contributed by atoms with van der Waals surface area (Å²) in [6.07, 6.45) is -4.71. The van der Waals surface area contributed by atoms with Gasteiger partial charge in [0, 0.05) is 12.1 Å². The summed E-state index contributed by atoms with van der Waals surface area (Å²) in [5.74, 6) is -0.0316. The van der Waals surface area contributed by atoms with Crippen LogP contribution in [0.1, 0.15) is 24.4 Å². The second kappa shape index (κ2) is 9.71. The monoisotopic (exact) mass is 542 g/mol. The van der Waals surface area contributed by atoms with E-state index in [0.29, 0.717) is 5.75 Å². The SMILES string of the molecule is COc1ccccc1Oc1cc(NC(=O)C(C)n2nc(C(F)(F)F)c(Br)c2C)cc([N+](=O)[O-])c1. The highest BCUT2D eigenvalue weighted by molar-refractivity contribution is 9.10. The molecule has 3 aromatic rings. The molecule has 180 valence electrons. The number of hydrogen-bond donors (Lipinski definition) is 1. The normalized spacial score (nSPS) is 12.2. The fourth-order valence-corrected chi connectivity index (χ4v) is 3.55. The third-order valence-corrected chi connectivity index (χ3v) is 5.71. The smallest absolute Gasteiger partial charge is 0.436 e. The summed E-state index contributed by atoms with van der Waals surface area (Å²) in [6, 6.07) is 9.07. The van der Waals surface area contributed by atoms with Crippen LogP contribution in [-0.4, -0.2) is 27.7 Å². The van der Waals surface area contributed by atoms with Crippen LogP contribution < -0.4 is 14.8 Å². The third kappa shape index (κ3) is 5.30. The number of carbonyl (C=O) groups is 1. The molecule has 1 heterocycles. The maximum atomic E-state index is 13.2. The molecule has 1 N–H and O–H groups in total. The maximum absolute atomic E-state index is 13.2. The van der Waals surface area contributed by atoms with E-state index in [-0.39, 0.29) is 33.0 Å². The number of hydrogen-bond acceptors (Lipinski definition) is 6. The number of nitrogens with one attached hydrogen (secondary N) is 1. The number of amides is 1.